The van der Waals surface area contributed by atoms with E-state index >= 15 is 0 Å². The summed E-state index contributed by atoms with van der Waals surface area (Å²) >= 11 is 5.06. The molecule has 0 spiro atoms. The monoisotopic (exact) mass is 371 g/mol. The molecule has 1 amide bonds. The molecule has 0 saturated heterocycles. The van der Waals surface area contributed by atoms with Crippen LogP contribution in [-0.4, -0.2) is 32.2 Å². The van der Waals surface area contributed by atoms with E-state index in [-0.39, 0.29) is 5.91 Å². The number of amides is 1. The zero-order valence-electron chi connectivity index (χ0n) is 14.8. The zero-order chi connectivity index (χ0) is 18.5. The van der Waals surface area contributed by atoms with Gasteiger partial charge in [0.2, 0.25) is 5.91 Å². The number of carbonyl (C=O) groups is 1. The summed E-state index contributed by atoms with van der Waals surface area (Å²) in [7, 11) is 1.84. The van der Waals surface area contributed by atoms with Crippen molar-refractivity contribution in [2.24, 2.45) is 7.05 Å². The maximum atomic E-state index is 12.0. The van der Waals surface area contributed by atoms with Crippen LogP contribution in [0.5, 0.6) is 0 Å². The number of hydrogen-bond acceptors (Lipinski definition) is 5. The Kier molecular flexibility index (Phi) is 5.62. The topological polar surface area (TPSA) is 88.7 Å². The molecule has 1 aromatic carbocycles. The number of carbonyl (C=O) groups excluding carboxylic acids is 1. The number of aromatic nitrogens is 4. The molecule has 0 aliphatic rings. The van der Waals surface area contributed by atoms with Crippen LogP contribution >= 0.6 is 12.2 Å². The van der Waals surface area contributed by atoms with Crippen LogP contribution in [-0.2, 0) is 24.7 Å². The number of hydrogen-bond donors (Lipinski definition) is 2. The normalized spacial score (nSPS) is 10.8. The van der Waals surface area contributed by atoms with E-state index in [1.165, 1.54) is 5.56 Å². The summed E-state index contributed by atoms with van der Waals surface area (Å²) in [6, 6.07) is 8.05. The molecule has 136 valence electrons. The molecular weight excluding hydrogens is 350 g/mol. The predicted octanol–water partition coefficient (Wildman–Crippen LogP) is 2.73. The fourth-order valence-electron chi connectivity index (χ4n) is 2.50. The minimum absolute atomic E-state index is 0.0446. The highest BCUT2D eigenvalue weighted by atomic mass is 32.1. The zero-order valence-corrected chi connectivity index (χ0v) is 15.6. The van der Waals surface area contributed by atoms with Crippen LogP contribution in [0.25, 0.3) is 11.3 Å². The van der Waals surface area contributed by atoms with Crippen LogP contribution in [0.4, 0.5) is 0 Å². The van der Waals surface area contributed by atoms with Crippen molar-refractivity contribution >= 4 is 18.1 Å². The molecule has 7 nitrogen and oxygen atoms in total. The minimum atomic E-state index is -0.0446. The lowest BCUT2D eigenvalue weighted by atomic mass is 10.1. The number of benzene rings is 1. The summed E-state index contributed by atoms with van der Waals surface area (Å²) in [5.74, 6) is 2.04. The molecule has 0 unspecified atom stereocenters. The number of rotatable bonds is 7. The number of nitrogens with one attached hydrogen (secondary N) is 2. The first-order valence-electron chi connectivity index (χ1n) is 8.41. The first kappa shape index (κ1) is 18.1. The van der Waals surface area contributed by atoms with Crippen molar-refractivity contribution in [1.82, 2.24) is 25.1 Å². The van der Waals surface area contributed by atoms with Gasteiger partial charge >= 0.3 is 0 Å². The Balaban J connectivity index is 1.45. The van der Waals surface area contributed by atoms with Crippen LogP contribution in [0.15, 0.2) is 34.9 Å². The summed E-state index contributed by atoms with van der Waals surface area (Å²) in [5, 5.41) is 9.71. The Bertz CT molecular complexity index is 939. The van der Waals surface area contributed by atoms with E-state index in [0.717, 1.165) is 11.4 Å². The van der Waals surface area contributed by atoms with Gasteiger partial charge in [0.05, 0.1) is 6.20 Å². The SMILES string of the molecule is Cc1ccc(-c2cnc(CCC(=O)NCCc3n[nH]c(=S)n3C)o2)cc1. The molecule has 0 aliphatic carbocycles. The fraction of sp³-hybridized carbons (Fsp3) is 0.333. The van der Waals surface area contributed by atoms with E-state index < -0.39 is 0 Å². The average Bonchev–Trinajstić information content (AvgIpc) is 3.23. The van der Waals surface area contributed by atoms with E-state index in [1.54, 1.807) is 10.8 Å². The fourth-order valence-corrected chi connectivity index (χ4v) is 2.65. The smallest absolute Gasteiger partial charge is 0.220 e. The van der Waals surface area contributed by atoms with Gasteiger partial charge in [0.15, 0.2) is 16.4 Å². The lowest BCUT2D eigenvalue weighted by Crippen LogP contribution is -2.26. The van der Waals surface area contributed by atoms with Gasteiger partial charge in [0, 0.05) is 38.4 Å². The van der Waals surface area contributed by atoms with Crippen LogP contribution in [0, 0.1) is 11.7 Å². The maximum Gasteiger partial charge on any atom is 0.220 e. The van der Waals surface area contributed by atoms with E-state index in [0.29, 0.717) is 42.2 Å². The summed E-state index contributed by atoms with van der Waals surface area (Å²) in [5.41, 5.74) is 2.17. The number of oxazole rings is 1. The molecule has 3 rings (SSSR count). The van der Waals surface area contributed by atoms with Crippen molar-refractivity contribution in [3.63, 3.8) is 0 Å². The van der Waals surface area contributed by atoms with Gasteiger partial charge in [0.25, 0.3) is 0 Å². The third-order valence-electron chi connectivity index (χ3n) is 4.10. The van der Waals surface area contributed by atoms with E-state index in [4.69, 9.17) is 16.6 Å². The highest BCUT2D eigenvalue weighted by Crippen LogP contribution is 2.21. The number of aromatic amines is 1. The molecule has 26 heavy (non-hydrogen) atoms. The summed E-state index contributed by atoms with van der Waals surface area (Å²) in [6.45, 7) is 2.54. The van der Waals surface area contributed by atoms with Gasteiger partial charge in [-0.05, 0) is 19.1 Å². The van der Waals surface area contributed by atoms with Crippen molar-refractivity contribution in [1.29, 1.82) is 0 Å². The van der Waals surface area contributed by atoms with Gasteiger partial charge in [-0.2, -0.15) is 5.10 Å². The molecule has 0 atom stereocenters. The molecular formula is C18H21N5O2S. The first-order chi connectivity index (χ1) is 12.5. The van der Waals surface area contributed by atoms with Gasteiger partial charge in [-0.1, -0.05) is 29.8 Å². The lowest BCUT2D eigenvalue weighted by molar-refractivity contribution is -0.121. The molecule has 0 radical (unpaired) electrons. The summed E-state index contributed by atoms with van der Waals surface area (Å²) < 4.78 is 8.09. The molecule has 2 heterocycles. The summed E-state index contributed by atoms with van der Waals surface area (Å²) in [4.78, 5) is 16.2. The third-order valence-corrected chi connectivity index (χ3v) is 4.46. The van der Waals surface area contributed by atoms with E-state index in [2.05, 4.69) is 20.5 Å². The highest BCUT2D eigenvalue weighted by molar-refractivity contribution is 7.71. The van der Waals surface area contributed by atoms with Crippen LogP contribution in [0.1, 0.15) is 23.7 Å². The number of nitrogens with zero attached hydrogens (tertiary/aromatic N) is 3. The molecule has 2 N–H and O–H groups in total. The Labute approximate surface area is 156 Å². The second kappa shape index (κ2) is 8.09. The third kappa shape index (κ3) is 4.45. The van der Waals surface area contributed by atoms with Crippen molar-refractivity contribution in [2.45, 2.75) is 26.2 Å². The van der Waals surface area contributed by atoms with Crippen molar-refractivity contribution in [3.8, 4) is 11.3 Å². The molecule has 0 saturated carbocycles. The Morgan fingerprint density at radius 1 is 1.31 bits per heavy atom. The number of H-pyrrole nitrogens is 1. The highest BCUT2D eigenvalue weighted by Gasteiger charge is 2.09. The lowest BCUT2D eigenvalue weighted by Gasteiger charge is -2.04. The van der Waals surface area contributed by atoms with E-state index in [9.17, 15) is 4.79 Å². The maximum absolute atomic E-state index is 12.0. The Morgan fingerprint density at radius 3 is 2.77 bits per heavy atom. The standard InChI is InChI=1S/C18H21N5O2S/c1-12-3-5-13(6-4-12)14-11-20-17(25-14)8-7-16(24)19-10-9-15-21-22-18(26)23(15)2/h3-6,11H,7-10H2,1-2H3,(H,19,24)(H,22,26). The predicted molar refractivity (Wildman–Crippen MR) is 100 cm³/mol. The Morgan fingerprint density at radius 2 is 2.08 bits per heavy atom. The van der Waals surface area contributed by atoms with Gasteiger partial charge in [0.1, 0.15) is 5.82 Å². The minimum Gasteiger partial charge on any atom is -0.441 e. The first-order valence-corrected chi connectivity index (χ1v) is 8.82. The van der Waals surface area contributed by atoms with Gasteiger partial charge < -0.3 is 14.3 Å². The molecule has 0 bridgehead atoms. The molecule has 0 aliphatic heterocycles. The molecule has 8 heteroatoms. The van der Waals surface area contributed by atoms with Crippen LogP contribution in [0.2, 0.25) is 0 Å². The van der Waals surface area contributed by atoms with E-state index in [1.807, 2.05) is 38.2 Å². The van der Waals surface area contributed by atoms with Crippen LogP contribution in [0.3, 0.4) is 0 Å². The van der Waals surface area contributed by atoms with Crippen molar-refractivity contribution < 1.29 is 9.21 Å². The van der Waals surface area contributed by atoms with Crippen LogP contribution < -0.4 is 5.32 Å². The Hall–Kier alpha value is -2.74. The second-order valence-corrected chi connectivity index (χ2v) is 6.47. The summed E-state index contributed by atoms with van der Waals surface area (Å²) in [6.07, 6.45) is 3.10. The van der Waals surface area contributed by atoms with Gasteiger partial charge in [-0.25, -0.2) is 4.98 Å². The molecule has 0 fully saturated rings. The van der Waals surface area contributed by atoms with Crippen molar-refractivity contribution in [3.05, 3.63) is 52.5 Å². The van der Waals surface area contributed by atoms with Crippen molar-refractivity contribution in [2.75, 3.05) is 6.54 Å². The average molecular weight is 371 g/mol. The molecule has 2 aromatic heterocycles. The van der Waals surface area contributed by atoms with Gasteiger partial charge in [-0.15, -0.1) is 0 Å². The second-order valence-electron chi connectivity index (χ2n) is 6.09. The van der Waals surface area contributed by atoms with Gasteiger partial charge in [-0.3, -0.25) is 9.89 Å². The quantitative estimate of drug-likeness (QED) is 0.624. The molecule has 3 aromatic rings. The largest absolute Gasteiger partial charge is 0.441 e. The number of aryl methyl sites for hydroxylation is 2.